The van der Waals surface area contributed by atoms with Gasteiger partial charge in [-0.3, -0.25) is 4.99 Å². The smallest absolute Gasteiger partial charge is 0.0626 e. The van der Waals surface area contributed by atoms with Gasteiger partial charge in [0.25, 0.3) is 0 Å². The van der Waals surface area contributed by atoms with Gasteiger partial charge in [-0.2, -0.15) is 0 Å². The van der Waals surface area contributed by atoms with Gasteiger partial charge in [0.05, 0.1) is 5.69 Å². The summed E-state index contributed by atoms with van der Waals surface area (Å²) in [6.45, 7) is 8.67. The second kappa shape index (κ2) is 4.41. The summed E-state index contributed by atoms with van der Waals surface area (Å²) < 4.78 is 0. The summed E-state index contributed by atoms with van der Waals surface area (Å²) >= 11 is 0. The topological polar surface area (TPSA) is 12.4 Å². The average molecular weight is 189 g/mol. The zero-order chi connectivity index (χ0) is 10.6. The molecule has 0 radical (unpaired) electrons. The molecule has 1 heteroatoms. The predicted octanol–water partition coefficient (Wildman–Crippen LogP) is 4.13. The molecule has 1 aromatic carbocycles. The van der Waals surface area contributed by atoms with Crippen molar-refractivity contribution < 1.29 is 0 Å². The van der Waals surface area contributed by atoms with E-state index in [2.05, 4.69) is 57.0 Å². The third-order valence-electron chi connectivity index (χ3n) is 2.51. The number of aliphatic imine (C=N–C) groups is 1. The Morgan fingerprint density at radius 3 is 2.29 bits per heavy atom. The van der Waals surface area contributed by atoms with Crippen LogP contribution in [0.5, 0.6) is 0 Å². The molecule has 0 amide bonds. The van der Waals surface area contributed by atoms with Gasteiger partial charge in [0, 0.05) is 6.21 Å². The first-order valence-corrected chi connectivity index (χ1v) is 5.15. The van der Waals surface area contributed by atoms with Crippen molar-refractivity contribution in [2.75, 3.05) is 0 Å². The van der Waals surface area contributed by atoms with Gasteiger partial charge in [0.2, 0.25) is 0 Å². The molecule has 0 saturated heterocycles. The van der Waals surface area contributed by atoms with E-state index in [1.165, 1.54) is 5.56 Å². The molecule has 1 aromatic rings. The van der Waals surface area contributed by atoms with Crippen LogP contribution in [0.1, 0.15) is 32.8 Å². The van der Waals surface area contributed by atoms with Gasteiger partial charge in [-0.25, -0.2) is 0 Å². The Hall–Kier alpha value is -1.11. The van der Waals surface area contributed by atoms with Gasteiger partial charge in [-0.1, -0.05) is 38.5 Å². The van der Waals surface area contributed by atoms with Gasteiger partial charge in [0.15, 0.2) is 0 Å². The lowest BCUT2D eigenvalue weighted by molar-refractivity contribution is 0.516. The fraction of sp³-hybridized carbons (Fsp3) is 0.462. The molecule has 0 unspecified atom stereocenters. The molecule has 14 heavy (non-hydrogen) atoms. The highest BCUT2D eigenvalue weighted by Gasteiger charge is 2.10. The SMILES string of the molecule is CCC(C)(C)/C=N/c1ccc(C)cc1. The lowest BCUT2D eigenvalue weighted by Crippen LogP contribution is -2.10. The van der Waals surface area contributed by atoms with Crippen molar-refractivity contribution >= 4 is 11.9 Å². The lowest BCUT2D eigenvalue weighted by Gasteiger charge is -2.15. The molecule has 0 aliphatic carbocycles. The largest absolute Gasteiger partial charge is 0.261 e. The normalized spacial score (nSPS) is 12.3. The molecular formula is C13H19N. The maximum atomic E-state index is 4.46. The number of hydrogen-bond donors (Lipinski definition) is 0. The Balaban J connectivity index is 2.74. The van der Waals surface area contributed by atoms with Crippen molar-refractivity contribution in [2.24, 2.45) is 10.4 Å². The minimum Gasteiger partial charge on any atom is -0.261 e. The van der Waals surface area contributed by atoms with Crippen LogP contribution in [0.3, 0.4) is 0 Å². The van der Waals surface area contributed by atoms with E-state index < -0.39 is 0 Å². The van der Waals surface area contributed by atoms with Crippen molar-refractivity contribution in [3.8, 4) is 0 Å². The number of rotatable bonds is 3. The molecule has 0 aliphatic heterocycles. The van der Waals surface area contributed by atoms with Crippen molar-refractivity contribution in [1.82, 2.24) is 0 Å². The van der Waals surface area contributed by atoms with Crippen molar-refractivity contribution in [1.29, 1.82) is 0 Å². The van der Waals surface area contributed by atoms with Gasteiger partial charge in [-0.15, -0.1) is 0 Å². The van der Waals surface area contributed by atoms with Crippen LogP contribution in [0.25, 0.3) is 0 Å². The zero-order valence-electron chi connectivity index (χ0n) is 9.54. The van der Waals surface area contributed by atoms with Gasteiger partial charge >= 0.3 is 0 Å². The van der Waals surface area contributed by atoms with E-state index >= 15 is 0 Å². The minimum absolute atomic E-state index is 0.199. The summed E-state index contributed by atoms with van der Waals surface area (Å²) in [5.41, 5.74) is 2.51. The fourth-order valence-electron chi connectivity index (χ4n) is 0.971. The molecule has 76 valence electrons. The van der Waals surface area contributed by atoms with Crippen LogP contribution in [0.15, 0.2) is 29.3 Å². The number of nitrogens with zero attached hydrogens (tertiary/aromatic N) is 1. The molecule has 0 saturated carbocycles. The highest BCUT2D eigenvalue weighted by molar-refractivity contribution is 5.68. The Morgan fingerprint density at radius 2 is 1.79 bits per heavy atom. The van der Waals surface area contributed by atoms with Crippen LogP contribution in [0, 0.1) is 12.3 Å². The molecule has 0 aromatic heterocycles. The molecule has 1 rings (SSSR count). The standard InChI is InChI=1S/C13H19N/c1-5-13(3,4)10-14-12-8-6-11(2)7-9-12/h6-10H,5H2,1-4H3/b14-10+. The number of hydrogen-bond acceptors (Lipinski definition) is 1. The maximum Gasteiger partial charge on any atom is 0.0626 e. The average Bonchev–Trinajstić information content (AvgIpc) is 2.17. The van der Waals surface area contributed by atoms with E-state index in [1.54, 1.807) is 0 Å². The molecule has 0 atom stereocenters. The third-order valence-corrected chi connectivity index (χ3v) is 2.51. The number of benzene rings is 1. The van der Waals surface area contributed by atoms with Crippen molar-refractivity contribution in [3.63, 3.8) is 0 Å². The summed E-state index contributed by atoms with van der Waals surface area (Å²) in [5, 5.41) is 0. The van der Waals surface area contributed by atoms with Crippen LogP contribution in [0.4, 0.5) is 5.69 Å². The summed E-state index contributed by atoms with van der Waals surface area (Å²) in [7, 11) is 0. The summed E-state index contributed by atoms with van der Waals surface area (Å²) in [6.07, 6.45) is 3.15. The Kier molecular flexibility index (Phi) is 3.45. The second-order valence-corrected chi connectivity index (χ2v) is 4.44. The van der Waals surface area contributed by atoms with E-state index in [-0.39, 0.29) is 5.41 Å². The molecule has 0 bridgehead atoms. The highest BCUT2D eigenvalue weighted by atomic mass is 14.7. The first-order valence-electron chi connectivity index (χ1n) is 5.15. The van der Waals surface area contributed by atoms with E-state index in [0.717, 1.165) is 12.1 Å². The van der Waals surface area contributed by atoms with E-state index in [9.17, 15) is 0 Å². The molecule has 0 N–H and O–H groups in total. The van der Waals surface area contributed by atoms with Crippen LogP contribution in [-0.2, 0) is 0 Å². The van der Waals surface area contributed by atoms with Gasteiger partial charge in [0.1, 0.15) is 0 Å². The summed E-state index contributed by atoms with van der Waals surface area (Å²) in [6, 6.07) is 8.28. The highest BCUT2D eigenvalue weighted by Crippen LogP contribution is 2.19. The monoisotopic (exact) mass is 189 g/mol. The van der Waals surface area contributed by atoms with Crippen molar-refractivity contribution in [2.45, 2.75) is 34.1 Å². The summed E-state index contributed by atoms with van der Waals surface area (Å²) in [5.74, 6) is 0. The van der Waals surface area contributed by atoms with Gasteiger partial charge in [-0.05, 0) is 30.9 Å². The van der Waals surface area contributed by atoms with Crippen molar-refractivity contribution in [3.05, 3.63) is 29.8 Å². The second-order valence-electron chi connectivity index (χ2n) is 4.44. The van der Waals surface area contributed by atoms with Crippen LogP contribution in [-0.4, -0.2) is 6.21 Å². The quantitative estimate of drug-likeness (QED) is 0.634. The Morgan fingerprint density at radius 1 is 1.21 bits per heavy atom. The van der Waals surface area contributed by atoms with E-state index in [1.807, 2.05) is 6.21 Å². The van der Waals surface area contributed by atoms with Gasteiger partial charge < -0.3 is 0 Å². The van der Waals surface area contributed by atoms with E-state index in [4.69, 9.17) is 0 Å². The maximum absolute atomic E-state index is 4.46. The third kappa shape index (κ3) is 3.33. The predicted molar refractivity (Wildman–Crippen MR) is 63.4 cm³/mol. The zero-order valence-corrected chi connectivity index (χ0v) is 9.54. The fourth-order valence-corrected chi connectivity index (χ4v) is 0.971. The first-order chi connectivity index (χ1) is 6.53. The molecular weight excluding hydrogens is 170 g/mol. The molecule has 1 nitrogen and oxygen atoms in total. The molecule has 0 spiro atoms. The minimum atomic E-state index is 0.199. The van der Waals surface area contributed by atoms with Crippen LogP contribution >= 0.6 is 0 Å². The Labute approximate surface area is 86.9 Å². The van der Waals surface area contributed by atoms with E-state index in [0.29, 0.717) is 0 Å². The lowest BCUT2D eigenvalue weighted by atomic mass is 9.92. The summed E-state index contributed by atoms with van der Waals surface area (Å²) in [4.78, 5) is 4.46. The molecule has 0 fully saturated rings. The molecule has 0 aliphatic rings. The Bertz CT molecular complexity index is 307. The molecule has 0 heterocycles. The van der Waals surface area contributed by atoms with Crippen LogP contribution < -0.4 is 0 Å². The first kappa shape index (κ1) is 11.0. The van der Waals surface area contributed by atoms with Crippen LogP contribution in [0.2, 0.25) is 0 Å². The number of aryl methyl sites for hydroxylation is 1.